The topological polar surface area (TPSA) is 93.7 Å². The minimum atomic E-state index is -0.778. The fourth-order valence-corrected chi connectivity index (χ4v) is 2.51. The van der Waals surface area contributed by atoms with Gasteiger partial charge in [0.05, 0.1) is 19.1 Å². The summed E-state index contributed by atoms with van der Waals surface area (Å²) in [7, 11) is 0. The van der Waals surface area contributed by atoms with E-state index in [0.717, 1.165) is 18.6 Å². The van der Waals surface area contributed by atoms with E-state index in [1.54, 1.807) is 48.5 Å². The van der Waals surface area contributed by atoms with E-state index in [-0.39, 0.29) is 11.5 Å². The second-order valence-electron chi connectivity index (χ2n) is 6.11. The van der Waals surface area contributed by atoms with Crippen LogP contribution in [0.2, 0.25) is 0 Å². The summed E-state index contributed by atoms with van der Waals surface area (Å²) in [5.74, 6) is 0.134. The maximum absolute atomic E-state index is 12.4. The van der Waals surface area contributed by atoms with E-state index < -0.39 is 18.0 Å². The second-order valence-corrected chi connectivity index (χ2v) is 6.11. The predicted octanol–water partition coefficient (Wildman–Crippen LogP) is 3.91. The normalized spacial score (nSPS) is 10.6. The van der Waals surface area contributed by atoms with E-state index >= 15 is 0 Å². The second kappa shape index (κ2) is 9.45. The first-order chi connectivity index (χ1) is 13.7. The number of ether oxygens (including phenoxy) is 1. The fourth-order valence-electron chi connectivity index (χ4n) is 2.51. The van der Waals surface area contributed by atoms with Crippen molar-refractivity contribution in [3.8, 4) is 5.75 Å². The Labute approximate surface area is 162 Å². The van der Waals surface area contributed by atoms with Crippen molar-refractivity contribution in [1.82, 2.24) is 10.6 Å². The van der Waals surface area contributed by atoms with Gasteiger partial charge in [-0.1, -0.05) is 25.5 Å². The molecule has 0 bridgehead atoms. The average molecular weight is 382 g/mol. The Bertz CT molecular complexity index is 822. The highest BCUT2D eigenvalue weighted by atomic mass is 16.5. The molecular weight excluding hydrogens is 360 g/mol. The number of furan rings is 2. The Hall–Kier alpha value is -3.48. The maximum Gasteiger partial charge on any atom is 0.288 e. The average Bonchev–Trinajstić information content (AvgIpc) is 3.42. The van der Waals surface area contributed by atoms with Gasteiger partial charge in [0.2, 0.25) is 0 Å². The molecule has 146 valence electrons. The molecule has 3 rings (SSSR count). The van der Waals surface area contributed by atoms with Crippen LogP contribution in [0.3, 0.4) is 0 Å². The third kappa shape index (κ3) is 5.03. The van der Waals surface area contributed by atoms with Crippen LogP contribution in [0.4, 0.5) is 0 Å². The molecule has 2 aromatic heterocycles. The molecule has 0 aliphatic rings. The molecule has 0 radical (unpaired) electrons. The molecule has 7 nitrogen and oxygen atoms in total. The predicted molar refractivity (Wildman–Crippen MR) is 102 cm³/mol. The van der Waals surface area contributed by atoms with Gasteiger partial charge in [-0.3, -0.25) is 9.59 Å². The SMILES string of the molecule is CCCCOc1ccc(C(NC(=O)c2ccco2)NC(=O)c2ccco2)cc1. The Morgan fingerprint density at radius 2 is 1.50 bits per heavy atom. The third-order valence-electron chi connectivity index (χ3n) is 4.02. The number of hydrogen-bond acceptors (Lipinski definition) is 5. The summed E-state index contributed by atoms with van der Waals surface area (Å²) in [4.78, 5) is 24.8. The van der Waals surface area contributed by atoms with Gasteiger partial charge >= 0.3 is 0 Å². The zero-order chi connectivity index (χ0) is 19.8. The van der Waals surface area contributed by atoms with Crippen LogP contribution in [0.25, 0.3) is 0 Å². The zero-order valence-electron chi connectivity index (χ0n) is 15.5. The highest BCUT2D eigenvalue weighted by Gasteiger charge is 2.21. The summed E-state index contributed by atoms with van der Waals surface area (Å²) in [5, 5.41) is 5.51. The summed E-state index contributed by atoms with van der Waals surface area (Å²) in [5.41, 5.74) is 0.683. The Morgan fingerprint density at radius 1 is 0.929 bits per heavy atom. The van der Waals surface area contributed by atoms with E-state index in [9.17, 15) is 9.59 Å². The number of nitrogens with one attached hydrogen (secondary N) is 2. The van der Waals surface area contributed by atoms with Crippen molar-refractivity contribution in [2.24, 2.45) is 0 Å². The molecule has 0 unspecified atom stereocenters. The molecule has 0 saturated carbocycles. The number of hydrogen-bond donors (Lipinski definition) is 2. The molecule has 7 heteroatoms. The maximum atomic E-state index is 12.4. The fraction of sp³-hybridized carbons (Fsp3) is 0.238. The van der Waals surface area contributed by atoms with E-state index in [1.165, 1.54) is 12.5 Å². The van der Waals surface area contributed by atoms with Gasteiger partial charge < -0.3 is 24.2 Å². The van der Waals surface area contributed by atoms with E-state index in [1.807, 2.05) is 0 Å². The molecule has 0 fully saturated rings. The Morgan fingerprint density at radius 3 is 1.96 bits per heavy atom. The lowest BCUT2D eigenvalue weighted by Crippen LogP contribution is -2.41. The highest BCUT2D eigenvalue weighted by molar-refractivity contribution is 5.94. The lowest BCUT2D eigenvalue weighted by atomic mass is 10.1. The van der Waals surface area contributed by atoms with Crippen LogP contribution in [0.15, 0.2) is 69.9 Å². The zero-order valence-corrected chi connectivity index (χ0v) is 15.5. The molecule has 0 aliphatic carbocycles. The number of rotatable bonds is 9. The van der Waals surface area contributed by atoms with Gasteiger partial charge in [0.25, 0.3) is 11.8 Å². The molecule has 28 heavy (non-hydrogen) atoms. The summed E-state index contributed by atoms with van der Waals surface area (Å²) < 4.78 is 15.9. The molecule has 2 heterocycles. The van der Waals surface area contributed by atoms with Gasteiger partial charge in [0.15, 0.2) is 11.5 Å². The first kappa shape index (κ1) is 19.3. The molecular formula is C21H22N2O5. The largest absolute Gasteiger partial charge is 0.494 e. The number of carbonyl (C=O) groups is 2. The van der Waals surface area contributed by atoms with Gasteiger partial charge in [-0.15, -0.1) is 0 Å². The van der Waals surface area contributed by atoms with Gasteiger partial charge in [-0.05, 0) is 48.4 Å². The minimum Gasteiger partial charge on any atom is -0.494 e. The monoisotopic (exact) mass is 382 g/mol. The summed E-state index contributed by atoms with van der Waals surface area (Å²) in [6.07, 6.45) is 4.07. The van der Waals surface area contributed by atoms with Crippen molar-refractivity contribution in [2.45, 2.75) is 25.9 Å². The number of unbranched alkanes of at least 4 members (excludes halogenated alkanes) is 1. The van der Waals surface area contributed by atoms with Crippen LogP contribution in [0.5, 0.6) is 5.75 Å². The summed E-state index contributed by atoms with van der Waals surface area (Å²) >= 11 is 0. The minimum absolute atomic E-state index is 0.150. The molecule has 0 spiro atoms. The molecule has 3 aromatic rings. The number of carbonyl (C=O) groups excluding carboxylic acids is 2. The lowest BCUT2D eigenvalue weighted by Gasteiger charge is -2.20. The molecule has 2 amide bonds. The quantitative estimate of drug-likeness (QED) is 0.432. The Balaban J connectivity index is 1.74. The molecule has 0 aliphatic heterocycles. The number of amides is 2. The van der Waals surface area contributed by atoms with Crippen LogP contribution >= 0.6 is 0 Å². The van der Waals surface area contributed by atoms with Crippen molar-refractivity contribution in [3.05, 3.63) is 78.1 Å². The van der Waals surface area contributed by atoms with Crippen LogP contribution in [0, 0.1) is 0 Å². The van der Waals surface area contributed by atoms with Crippen molar-refractivity contribution in [1.29, 1.82) is 0 Å². The third-order valence-corrected chi connectivity index (χ3v) is 4.02. The van der Waals surface area contributed by atoms with Crippen LogP contribution in [-0.2, 0) is 0 Å². The molecule has 0 atom stereocenters. The molecule has 2 N–H and O–H groups in total. The smallest absolute Gasteiger partial charge is 0.288 e. The summed E-state index contributed by atoms with van der Waals surface area (Å²) in [6.45, 7) is 2.74. The standard InChI is InChI=1S/C21H22N2O5/c1-2-3-12-26-16-10-8-15(9-11-16)19(22-20(24)17-6-4-13-27-17)23-21(25)18-7-5-14-28-18/h4-11,13-14,19H,2-3,12H2,1H3,(H,22,24)(H,23,25). The van der Waals surface area contributed by atoms with Crippen LogP contribution in [-0.4, -0.2) is 18.4 Å². The van der Waals surface area contributed by atoms with Gasteiger partial charge in [-0.25, -0.2) is 0 Å². The van der Waals surface area contributed by atoms with Crippen molar-refractivity contribution in [3.63, 3.8) is 0 Å². The van der Waals surface area contributed by atoms with Crippen LogP contribution in [0.1, 0.15) is 52.6 Å². The van der Waals surface area contributed by atoms with E-state index in [2.05, 4.69) is 17.6 Å². The molecule has 1 aromatic carbocycles. The molecule has 0 saturated heterocycles. The van der Waals surface area contributed by atoms with Gasteiger partial charge in [0, 0.05) is 0 Å². The lowest BCUT2D eigenvalue weighted by molar-refractivity contribution is 0.0853. The first-order valence-corrected chi connectivity index (χ1v) is 9.09. The summed E-state index contributed by atoms with van der Waals surface area (Å²) in [6, 6.07) is 13.5. The van der Waals surface area contributed by atoms with Gasteiger partial charge in [0.1, 0.15) is 11.9 Å². The number of benzene rings is 1. The Kier molecular flexibility index (Phi) is 6.51. The highest BCUT2D eigenvalue weighted by Crippen LogP contribution is 2.18. The van der Waals surface area contributed by atoms with Crippen molar-refractivity contribution in [2.75, 3.05) is 6.61 Å². The van der Waals surface area contributed by atoms with Crippen molar-refractivity contribution >= 4 is 11.8 Å². The van der Waals surface area contributed by atoms with E-state index in [0.29, 0.717) is 12.2 Å². The van der Waals surface area contributed by atoms with Gasteiger partial charge in [-0.2, -0.15) is 0 Å². The van der Waals surface area contributed by atoms with E-state index in [4.69, 9.17) is 13.6 Å². The van der Waals surface area contributed by atoms with Crippen molar-refractivity contribution < 1.29 is 23.2 Å². The van der Waals surface area contributed by atoms with Crippen LogP contribution < -0.4 is 15.4 Å². The first-order valence-electron chi connectivity index (χ1n) is 9.09.